The molecule has 0 bridgehead atoms. The zero-order valence-corrected chi connectivity index (χ0v) is 12.2. The number of para-hydroxylation sites is 1. The first-order valence-corrected chi connectivity index (χ1v) is 6.99. The molecule has 1 rings (SSSR count). The number of carbonyl (C=O) groups excluding carboxylic acids is 1. The minimum absolute atomic E-state index is 0.181. The molecule has 0 aromatic heterocycles. The van der Waals surface area contributed by atoms with Crippen molar-refractivity contribution in [2.75, 3.05) is 13.7 Å². The van der Waals surface area contributed by atoms with Crippen LogP contribution < -0.4 is 15.4 Å². The summed E-state index contributed by atoms with van der Waals surface area (Å²) in [4.78, 5) is 21.9. The first-order chi connectivity index (χ1) is 10.1. The fourth-order valence-electron chi connectivity index (χ4n) is 1.87. The molecule has 0 spiro atoms. The topological polar surface area (TPSA) is 87.7 Å². The second-order valence-corrected chi connectivity index (χ2v) is 4.63. The van der Waals surface area contributed by atoms with Crippen LogP contribution in [0.25, 0.3) is 0 Å². The number of benzene rings is 1. The normalized spacial score (nSPS) is 9.95. The van der Waals surface area contributed by atoms with E-state index in [2.05, 4.69) is 10.6 Å². The Balaban J connectivity index is 2.15. The quantitative estimate of drug-likeness (QED) is 0.609. The molecule has 0 aliphatic carbocycles. The Kier molecular flexibility index (Phi) is 7.71. The molecule has 6 nitrogen and oxygen atoms in total. The van der Waals surface area contributed by atoms with Gasteiger partial charge in [0.1, 0.15) is 5.75 Å². The molecule has 0 radical (unpaired) electrons. The number of carbonyl (C=O) groups is 2. The van der Waals surface area contributed by atoms with E-state index in [1.165, 1.54) is 0 Å². The summed E-state index contributed by atoms with van der Waals surface area (Å²) < 4.78 is 5.20. The molecule has 3 N–H and O–H groups in total. The zero-order chi connectivity index (χ0) is 15.5. The lowest BCUT2D eigenvalue weighted by Crippen LogP contribution is -2.35. The molecule has 0 saturated carbocycles. The number of rotatable bonds is 9. The summed E-state index contributed by atoms with van der Waals surface area (Å²) in [5, 5.41) is 14.0. The fraction of sp³-hybridized carbons (Fsp3) is 0.467. The van der Waals surface area contributed by atoms with Crippen LogP contribution in [0.3, 0.4) is 0 Å². The van der Waals surface area contributed by atoms with E-state index < -0.39 is 5.97 Å². The van der Waals surface area contributed by atoms with Crippen LogP contribution in [0.5, 0.6) is 5.75 Å². The van der Waals surface area contributed by atoms with Gasteiger partial charge >= 0.3 is 12.0 Å². The van der Waals surface area contributed by atoms with Crippen LogP contribution in [0.4, 0.5) is 4.79 Å². The largest absolute Gasteiger partial charge is 0.496 e. The van der Waals surface area contributed by atoms with Crippen LogP contribution in [0, 0.1) is 0 Å². The second kappa shape index (κ2) is 9.63. The van der Waals surface area contributed by atoms with Crippen molar-refractivity contribution < 1.29 is 19.4 Å². The third-order valence-corrected chi connectivity index (χ3v) is 2.98. The highest BCUT2D eigenvalue weighted by Crippen LogP contribution is 2.16. The average Bonchev–Trinajstić information content (AvgIpc) is 2.48. The summed E-state index contributed by atoms with van der Waals surface area (Å²) in [7, 11) is 1.59. The molecule has 1 aromatic rings. The van der Waals surface area contributed by atoms with E-state index in [0.717, 1.165) is 24.2 Å². The monoisotopic (exact) mass is 294 g/mol. The molecule has 6 heteroatoms. The predicted octanol–water partition coefficient (Wildman–Crippen LogP) is 2.14. The molecular weight excluding hydrogens is 272 g/mol. The maximum atomic E-state index is 11.6. The fourth-order valence-corrected chi connectivity index (χ4v) is 1.87. The highest BCUT2D eigenvalue weighted by Gasteiger charge is 2.04. The van der Waals surface area contributed by atoms with Crippen LogP contribution in [-0.2, 0) is 11.3 Å². The second-order valence-electron chi connectivity index (χ2n) is 4.63. The first kappa shape index (κ1) is 16.8. The predicted molar refractivity (Wildman–Crippen MR) is 79.3 cm³/mol. The highest BCUT2D eigenvalue weighted by molar-refractivity contribution is 5.73. The third kappa shape index (κ3) is 7.20. The maximum absolute atomic E-state index is 11.6. The summed E-state index contributed by atoms with van der Waals surface area (Å²) in [6.45, 7) is 0.937. The number of amides is 2. The van der Waals surface area contributed by atoms with Gasteiger partial charge < -0.3 is 20.5 Å². The molecule has 21 heavy (non-hydrogen) atoms. The number of ether oxygens (including phenoxy) is 1. The number of methoxy groups -OCH3 is 1. The van der Waals surface area contributed by atoms with Crippen molar-refractivity contribution in [2.45, 2.75) is 32.2 Å². The van der Waals surface area contributed by atoms with Crippen LogP contribution in [0.1, 0.15) is 31.2 Å². The van der Waals surface area contributed by atoms with Gasteiger partial charge in [0.2, 0.25) is 0 Å². The Morgan fingerprint density at radius 3 is 2.62 bits per heavy atom. The Hall–Kier alpha value is -2.24. The lowest BCUT2D eigenvalue weighted by molar-refractivity contribution is -0.137. The molecule has 0 saturated heterocycles. The lowest BCUT2D eigenvalue weighted by Gasteiger charge is -2.10. The number of nitrogens with one attached hydrogen (secondary N) is 2. The Bertz CT molecular complexity index is 463. The minimum Gasteiger partial charge on any atom is -0.496 e. The number of carboxylic acid groups (broad SMARTS) is 1. The molecule has 0 unspecified atom stereocenters. The summed E-state index contributed by atoms with van der Waals surface area (Å²) in [5.74, 6) is -0.0380. The van der Waals surface area contributed by atoms with Crippen molar-refractivity contribution in [2.24, 2.45) is 0 Å². The van der Waals surface area contributed by atoms with E-state index in [4.69, 9.17) is 9.84 Å². The molecule has 2 amide bonds. The van der Waals surface area contributed by atoms with Gasteiger partial charge in [0.05, 0.1) is 7.11 Å². The first-order valence-electron chi connectivity index (χ1n) is 6.99. The van der Waals surface area contributed by atoms with Crippen LogP contribution in [0.2, 0.25) is 0 Å². The Labute approximate surface area is 124 Å². The van der Waals surface area contributed by atoms with E-state index in [-0.39, 0.29) is 12.5 Å². The standard InChI is InChI=1S/C15H22N2O4/c1-21-13-8-5-4-7-12(13)11-17-15(20)16-10-6-2-3-9-14(18)19/h4-5,7-8H,2-3,6,9-11H2,1H3,(H,18,19)(H2,16,17,20). The molecule has 0 heterocycles. The molecule has 0 aliphatic rings. The number of carboxylic acids is 1. The van der Waals surface area contributed by atoms with Crippen molar-refractivity contribution in [1.29, 1.82) is 0 Å². The number of hydrogen-bond donors (Lipinski definition) is 3. The smallest absolute Gasteiger partial charge is 0.315 e. The van der Waals surface area contributed by atoms with Gasteiger partial charge in [-0.2, -0.15) is 0 Å². The average molecular weight is 294 g/mol. The summed E-state index contributed by atoms with van der Waals surface area (Å²) in [5.41, 5.74) is 0.914. The van der Waals surface area contributed by atoms with Crippen molar-refractivity contribution >= 4 is 12.0 Å². The van der Waals surface area contributed by atoms with Crippen molar-refractivity contribution in [3.63, 3.8) is 0 Å². The van der Waals surface area contributed by atoms with E-state index in [0.29, 0.717) is 19.5 Å². The summed E-state index contributed by atoms with van der Waals surface area (Å²) in [6.07, 6.45) is 2.38. The van der Waals surface area contributed by atoms with Gasteiger partial charge in [-0.3, -0.25) is 4.79 Å². The SMILES string of the molecule is COc1ccccc1CNC(=O)NCCCCCC(=O)O. The van der Waals surface area contributed by atoms with Gasteiger partial charge in [-0.15, -0.1) is 0 Å². The van der Waals surface area contributed by atoms with Gasteiger partial charge in [0.25, 0.3) is 0 Å². The van der Waals surface area contributed by atoms with E-state index in [1.807, 2.05) is 24.3 Å². The number of unbranched alkanes of at least 4 members (excludes halogenated alkanes) is 2. The maximum Gasteiger partial charge on any atom is 0.315 e. The summed E-state index contributed by atoms with van der Waals surface area (Å²) >= 11 is 0. The molecule has 0 aliphatic heterocycles. The zero-order valence-electron chi connectivity index (χ0n) is 12.2. The number of urea groups is 1. The van der Waals surface area contributed by atoms with Gasteiger partial charge in [0, 0.05) is 25.1 Å². The van der Waals surface area contributed by atoms with E-state index in [9.17, 15) is 9.59 Å². The molecule has 0 atom stereocenters. The molecule has 116 valence electrons. The minimum atomic E-state index is -0.780. The van der Waals surface area contributed by atoms with Gasteiger partial charge in [-0.25, -0.2) is 4.79 Å². The number of aliphatic carboxylic acids is 1. The Morgan fingerprint density at radius 1 is 1.14 bits per heavy atom. The van der Waals surface area contributed by atoms with E-state index >= 15 is 0 Å². The van der Waals surface area contributed by atoms with Crippen LogP contribution in [-0.4, -0.2) is 30.8 Å². The highest BCUT2D eigenvalue weighted by atomic mass is 16.5. The third-order valence-electron chi connectivity index (χ3n) is 2.98. The Morgan fingerprint density at radius 2 is 1.90 bits per heavy atom. The van der Waals surface area contributed by atoms with Crippen molar-refractivity contribution in [1.82, 2.24) is 10.6 Å². The molecule has 1 aromatic carbocycles. The van der Waals surface area contributed by atoms with Crippen LogP contribution in [0.15, 0.2) is 24.3 Å². The van der Waals surface area contributed by atoms with Gasteiger partial charge in [-0.1, -0.05) is 24.6 Å². The van der Waals surface area contributed by atoms with Crippen LogP contribution >= 0.6 is 0 Å². The lowest BCUT2D eigenvalue weighted by atomic mass is 10.2. The van der Waals surface area contributed by atoms with Crippen molar-refractivity contribution in [3.05, 3.63) is 29.8 Å². The summed E-state index contributed by atoms with van der Waals surface area (Å²) in [6, 6.07) is 7.26. The van der Waals surface area contributed by atoms with E-state index in [1.54, 1.807) is 7.11 Å². The van der Waals surface area contributed by atoms with Gasteiger partial charge in [0.15, 0.2) is 0 Å². The molecular formula is C15H22N2O4. The molecule has 0 fully saturated rings. The van der Waals surface area contributed by atoms with Gasteiger partial charge in [-0.05, 0) is 18.9 Å². The van der Waals surface area contributed by atoms with Crippen molar-refractivity contribution in [3.8, 4) is 5.75 Å². The number of hydrogen-bond acceptors (Lipinski definition) is 3.